The fraction of sp³-hybridized carbons (Fsp3) is 0.417. The van der Waals surface area contributed by atoms with Gasteiger partial charge in [-0.05, 0) is 73.4 Å². The van der Waals surface area contributed by atoms with E-state index < -0.39 is 39.0 Å². The molecule has 5 rings (SSSR count). The number of halogens is 2. The van der Waals surface area contributed by atoms with Crippen LogP contribution >= 0.6 is 11.6 Å². The van der Waals surface area contributed by atoms with Gasteiger partial charge in [0.15, 0.2) is 9.84 Å². The van der Waals surface area contributed by atoms with Crippen molar-refractivity contribution in [2.75, 3.05) is 6.26 Å². The van der Waals surface area contributed by atoms with Crippen molar-refractivity contribution in [1.82, 2.24) is 4.90 Å². The molecule has 6 nitrogen and oxygen atoms in total. The van der Waals surface area contributed by atoms with Gasteiger partial charge in [-0.3, -0.25) is 9.59 Å². The lowest BCUT2D eigenvalue weighted by molar-refractivity contribution is -0.122. The minimum atomic E-state index is -3.53. The number of rotatable bonds is 6. The van der Waals surface area contributed by atoms with Crippen LogP contribution in [0.2, 0.25) is 5.02 Å². The van der Waals surface area contributed by atoms with Crippen molar-refractivity contribution in [1.29, 1.82) is 0 Å². The molecule has 33 heavy (non-hydrogen) atoms. The van der Waals surface area contributed by atoms with Crippen LogP contribution in [0.5, 0.6) is 0 Å². The molecule has 2 N–H and O–H groups in total. The fourth-order valence-corrected chi connectivity index (χ4v) is 6.63. The molecule has 1 aliphatic heterocycles. The van der Waals surface area contributed by atoms with Crippen LogP contribution in [0.3, 0.4) is 0 Å². The summed E-state index contributed by atoms with van der Waals surface area (Å²) in [5, 5.41) is 0.294. The highest BCUT2D eigenvalue weighted by Crippen LogP contribution is 2.69. The lowest BCUT2D eigenvalue weighted by atomic mass is 9.83. The van der Waals surface area contributed by atoms with Gasteiger partial charge < -0.3 is 10.6 Å². The van der Waals surface area contributed by atoms with Crippen LogP contribution in [0.25, 0.3) is 0 Å². The quantitative estimate of drug-likeness (QED) is 0.669. The van der Waals surface area contributed by atoms with Gasteiger partial charge in [-0.2, -0.15) is 0 Å². The first-order valence-corrected chi connectivity index (χ1v) is 13.2. The predicted molar refractivity (Wildman–Crippen MR) is 121 cm³/mol. The van der Waals surface area contributed by atoms with Crippen molar-refractivity contribution < 1.29 is 22.4 Å². The maximum atomic E-state index is 15.1. The molecule has 3 aliphatic rings. The normalized spacial score (nSPS) is 27.2. The molecule has 4 atom stereocenters. The molecule has 3 fully saturated rings. The number of nitrogens with zero attached hydrogens (tertiary/aromatic N) is 1. The predicted octanol–water partition coefficient (Wildman–Crippen LogP) is 3.53. The summed E-state index contributed by atoms with van der Waals surface area (Å²) < 4.78 is 39.2. The highest BCUT2D eigenvalue weighted by molar-refractivity contribution is 7.90. The molecule has 2 amide bonds. The fourth-order valence-electron chi connectivity index (χ4n) is 5.80. The number of sulfone groups is 1. The minimum absolute atomic E-state index is 0.0204. The summed E-state index contributed by atoms with van der Waals surface area (Å²) in [5.74, 6) is -1.56. The van der Waals surface area contributed by atoms with Gasteiger partial charge in [0, 0.05) is 22.8 Å². The number of benzene rings is 2. The van der Waals surface area contributed by atoms with Crippen molar-refractivity contribution in [3.05, 3.63) is 64.4 Å². The Morgan fingerprint density at radius 3 is 2.55 bits per heavy atom. The first-order chi connectivity index (χ1) is 15.5. The maximum absolute atomic E-state index is 15.1. The standard InChI is InChI=1S/C24H24ClFN2O4S/c1-33(31,32)17-4-2-3-14(9-17)23(30)28-20(22(27)29)10-15-12-24(15,28)21(13-5-6-13)18-8-7-16(25)11-19(18)26/h2-4,7-9,11,13,15,20-21H,5-6,10,12H2,1H3,(H2,27,29)/t15?,20?,21-,24?/m1/s1. The molecule has 1 saturated heterocycles. The summed E-state index contributed by atoms with van der Waals surface area (Å²) in [4.78, 5) is 27.7. The van der Waals surface area contributed by atoms with E-state index in [1.165, 1.54) is 30.3 Å². The number of carbonyl (C=O) groups excluding carboxylic acids is 2. The van der Waals surface area contributed by atoms with Gasteiger partial charge in [0.05, 0.1) is 10.4 Å². The number of likely N-dealkylation sites (tertiary alicyclic amines) is 1. The maximum Gasteiger partial charge on any atom is 0.255 e. The average Bonchev–Trinajstić information content (AvgIpc) is 3.67. The van der Waals surface area contributed by atoms with Crippen molar-refractivity contribution in [3.8, 4) is 0 Å². The zero-order valence-electron chi connectivity index (χ0n) is 18.0. The van der Waals surface area contributed by atoms with E-state index in [1.807, 2.05) is 0 Å². The number of hydrogen-bond acceptors (Lipinski definition) is 4. The van der Waals surface area contributed by atoms with Crippen LogP contribution in [-0.2, 0) is 14.6 Å². The lowest BCUT2D eigenvalue weighted by Crippen LogP contribution is -2.53. The summed E-state index contributed by atoms with van der Waals surface area (Å²) in [6.45, 7) is 0. The van der Waals surface area contributed by atoms with Crippen molar-refractivity contribution in [2.24, 2.45) is 17.6 Å². The summed E-state index contributed by atoms with van der Waals surface area (Å²) in [5.41, 5.74) is 5.64. The summed E-state index contributed by atoms with van der Waals surface area (Å²) in [7, 11) is -3.53. The summed E-state index contributed by atoms with van der Waals surface area (Å²) in [6.07, 6.45) is 3.97. The molecule has 1 heterocycles. The molecule has 0 spiro atoms. The molecule has 0 bridgehead atoms. The molecule has 2 aromatic carbocycles. The Labute approximate surface area is 196 Å². The highest BCUT2D eigenvalue weighted by atomic mass is 35.5. The molecular weight excluding hydrogens is 467 g/mol. The third-order valence-electron chi connectivity index (χ3n) is 7.37. The van der Waals surface area contributed by atoms with Crippen LogP contribution in [-0.4, -0.2) is 43.0 Å². The number of hydrogen-bond donors (Lipinski definition) is 1. The molecule has 9 heteroatoms. The number of amides is 2. The zero-order chi connectivity index (χ0) is 23.7. The summed E-state index contributed by atoms with van der Waals surface area (Å²) in [6, 6.07) is 9.57. The molecule has 2 aromatic rings. The first kappa shape index (κ1) is 22.3. The highest BCUT2D eigenvalue weighted by Gasteiger charge is 2.73. The van der Waals surface area contributed by atoms with Crippen molar-refractivity contribution in [3.63, 3.8) is 0 Å². The van der Waals surface area contributed by atoms with Gasteiger partial charge >= 0.3 is 0 Å². The van der Waals surface area contributed by atoms with E-state index in [0.717, 1.165) is 19.1 Å². The smallest absolute Gasteiger partial charge is 0.255 e. The Morgan fingerprint density at radius 1 is 1.21 bits per heavy atom. The number of carbonyl (C=O) groups is 2. The monoisotopic (exact) mass is 490 g/mol. The summed E-state index contributed by atoms with van der Waals surface area (Å²) >= 11 is 5.98. The third-order valence-corrected chi connectivity index (χ3v) is 8.72. The zero-order valence-corrected chi connectivity index (χ0v) is 19.6. The first-order valence-electron chi connectivity index (χ1n) is 10.9. The Kier molecular flexibility index (Phi) is 5.10. The molecule has 0 aromatic heterocycles. The van der Waals surface area contributed by atoms with Gasteiger partial charge in [-0.1, -0.05) is 23.7 Å². The van der Waals surface area contributed by atoms with E-state index in [1.54, 1.807) is 17.0 Å². The Balaban J connectivity index is 1.61. The van der Waals surface area contributed by atoms with Gasteiger partial charge in [0.25, 0.3) is 5.91 Å². The van der Waals surface area contributed by atoms with E-state index in [9.17, 15) is 18.0 Å². The van der Waals surface area contributed by atoms with Crippen LogP contribution in [0.4, 0.5) is 4.39 Å². The molecule has 0 radical (unpaired) electrons. The largest absolute Gasteiger partial charge is 0.368 e. The molecule has 3 unspecified atom stereocenters. The second kappa shape index (κ2) is 7.53. The molecule has 174 valence electrons. The van der Waals surface area contributed by atoms with Crippen LogP contribution in [0, 0.1) is 17.7 Å². The third kappa shape index (κ3) is 3.64. The lowest BCUT2D eigenvalue weighted by Gasteiger charge is -2.39. The van der Waals surface area contributed by atoms with Crippen LogP contribution in [0.15, 0.2) is 47.4 Å². The second-order valence-electron chi connectivity index (χ2n) is 9.50. The van der Waals surface area contributed by atoms with E-state index in [0.29, 0.717) is 23.4 Å². The van der Waals surface area contributed by atoms with Crippen LogP contribution < -0.4 is 5.73 Å². The number of nitrogens with two attached hydrogens (primary N) is 1. The Bertz CT molecular complexity index is 1280. The van der Waals surface area contributed by atoms with Gasteiger partial charge in [-0.15, -0.1) is 0 Å². The topological polar surface area (TPSA) is 97.5 Å². The second-order valence-corrected chi connectivity index (χ2v) is 12.0. The molecule has 2 saturated carbocycles. The van der Waals surface area contributed by atoms with Gasteiger partial charge in [0.1, 0.15) is 11.9 Å². The van der Waals surface area contributed by atoms with Gasteiger partial charge in [-0.25, -0.2) is 12.8 Å². The van der Waals surface area contributed by atoms with Crippen LogP contribution in [0.1, 0.15) is 47.5 Å². The number of piperidine rings is 1. The van der Waals surface area contributed by atoms with E-state index in [-0.39, 0.29) is 28.2 Å². The molecular formula is C24H24ClFN2O4S. The van der Waals surface area contributed by atoms with E-state index in [4.69, 9.17) is 17.3 Å². The van der Waals surface area contributed by atoms with Gasteiger partial charge in [0.2, 0.25) is 5.91 Å². The molecule has 2 aliphatic carbocycles. The number of fused-ring (bicyclic) bond motifs is 1. The number of primary amides is 1. The van der Waals surface area contributed by atoms with Crippen molar-refractivity contribution >= 4 is 33.3 Å². The van der Waals surface area contributed by atoms with E-state index in [2.05, 4.69) is 0 Å². The minimum Gasteiger partial charge on any atom is -0.368 e. The Morgan fingerprint density at radius 2 is 1.94 bits per heavy atom. The Hall–Kier alpha value is -2.45. The average molecular weight is 491 g/mol. The SMILES string of the molecule is CS(=O)(=O)c1cccc(C(=O)N2C(C(N)=O)CC3CC32[C@@H](c2ccc(Cl)cc2F)C2CC2)c1. The van der Waals surface area contributed by atoms with E-state index >= 15 is 4.39 Å². The van der Waals surface area contributed by atoms with Crippen molar-refractivity contribution in [2.45, 2.75) is 48.1 Å².